The van der Waals surface area contributed by atoms with E-state index in [-0.39, 0.29) is 0 Å². The fraction of sp³-hybridized carbons (Fsp3) is 0.273. The molecule has 1 aromatic carbocycles. The lowest BCUT2D eigenvalue weighted by molar-refractivity contribution is 0.112. The Morgan fingerprint density at radius 3 is 2.07 bits per heavy atom. The highest BCUT2D eigenvalue weighted by Gasteiger charge is 2.07. The number of carbonyl (C=O) groups excluding carboxylic acids is 2. The van der Waals surface area contributed by atoms with Gasteiger partial charge >= 0.3 is 0 Å². The predicted molar refractivity (Wildman–Crippen MR) is 56.3 cm³/mol. The fourth-order valence-corrected chi connectivity index (χ4v) is 1.34. The summed E-state index contributed by atoms with van der Waals surface area (Å²) < 4.78 is 0. The number of hydrogen-bond donors (Lipinski definition) is 0. The molecule has 3 heteroatoms. The maximum absolute atomic E-state index is 10.8. The third-order valence-corrected chi connectivity index (χ3v) is 2.15. The van der Waals surface area contributed by atoms with Crippen molar-refractivity contribution in [3.8, 4) is 0 Å². The van der Waals surface area contributed by atoms with Gasteiger partial charge in [-0.05, 0) is 24.6 Å². The molecule has 0 heterocycles. The lowest BCUT2D eigenvalue weighted by Crippen LogP contribution is -2.12. The van der Waals surface area contributed by atoms with Gasteiger partial charge in [0.1, 0.15) is 6.29 Å². The highest BCUT2D eigenvalue weighted by Crippen LogP contribution is 2.21. The van der Waals surface area contributed by atoms with Gasteiger partial charge in [0.15, 0.2) is 6.29 Å². The number of aryl methyl sites for hydroxylation is 1. The van der Waals surface area contributed by atoms with Crippen LogP contribution in [0.3, 0.4) is 0 Å². The van der Waals surface area contributed by atoms with Crippen LogP contribution in [0, 0.1) is 6.92 Å². The smallest absolute Gasteiger partial charge is 0.152 e. The average Bonchev–Trinajstić information content (AvgIpc) is 2.17. The van der Waals surface area contributed by atoms with Gasteiger partial charge in [0, 0.05) is 30.9 Å². The second-order valence-corrected chi connectivity index (χ2v) is 3.40. The van der Waals surface area contributed by atoms with Crippen molar-refractivity contribution < 1.29 is 9.59 Å². The molecule has 0 amide bonds. The van der Waals surface area contributed by atoms with Crippen LogP contribution in [0.2, 0.25) is 0 Å². The summed E-state index contributed by atoms with van der Waals surface area (Å²) in [6, 6.07) is 3.46. The van der Waals surface area contributed by atoms with Crippen LogP contribution in [-0.2, 0) is 0 Å². The van der Waals surface area contributed by atoms with E-state index in [1.165, 1.54) is 0 Å². The number of nitrogens with zero attached hydrogens (tertiary/aromatic N) is 1. The number of carbonyl (C=O) groups is 2. The van der Waals surface area contributed by atoms with Gasteiger partial charge in [-0.1, -0.05) is 0 Å². The number of aldehydes is 2. The molecule has 0 bridgehead atoms. The Hall–Kier alpha value is -1.64. The first kappa shape index (κ1) is 10.4. The molecule has 0 unspecified atom stereocenters. The van der Waals surface area contributed by atoms with Crippen LogP contribution in [0.5, 0.6) is 0 Å². The third kappa shape index (κ3) is 1.82. The highest BCUT2D eigenvalue weighted by molar-refractivity contribution is 5.89. The molecule has 0 saturated carbocycles. The van der Waals surface area contributed by atoms with Crippen LogP contribution >= 0.6 is 0 Å². The van der Waals surface area contributed by atoms with Crippen molar-refractivity contribution in [1.82, 2.24) is 0 Å². The van der Waals surface area contributed by atoms with E-state index in [4.69, 9.17) is 0 Å². The van der Waals surface area contributed by atoms with Crippen molar-refractivity contribution in [2.24, 2.45) is 0 Å². The maximum Gasteiger partial charge on any atom is 0.152 e. The van der Waals surface area contributed by atoms with Crippen molar-refractivity contribution >= 4 is 18.3 Å². The number of hydrogen-bond acceptors (Lipinski definition) is 3. The second-order valence-electron chi connectivity index (χ2n) is 3.40. The summed E-state index contributed by atoms with van der Waals surface area (Å²) >= 11 is 0. The van der Waals surface area contributed by atoms with Crippen LogP contribution in [0.25, 0.3) is 0 Å². The van der Waals surface area contributed by atoms with Crippen LogP contribution < -0.4 is 4.90 Å². The molecule has 0 N–H and O–H groups in total. The summed E-state index contributed by atoms with van der Waals surface area (Å²) in [4.78, 5) is 23.3. The lowest BCUT2D eigenvalue weighted by Gasteiger charge is -2.16. The molecule has 0 spiro atoms. The van der Waals surface area contributed by atoms with Gasteiger partial charge in [-0.2, -0.15) is 0 Å². The Bertz CT molecular complexity index is 370. The topological polar surface area (TPSA) is 37.4 Å². The highest BCUT2D eigenvalue weighted by atomic mass is 16.1. The lowest BCUT2D eigenvalue weighted by atomic mass is 10.0. The fourth-order valence-electron chi connectivity index (χ4n) is 1.34. The van der Waals surface area contributed by atoms with Crippen molar-refractivity contribution in [2.75, 3.05) is 19.0 Å². The maximum atomic E-state index is 10.8. The van der Waals surface area contributed by atoms with Gasteiger partial charge in [0.05, 0.1) is 0 Å². The molecule has 0 aliphatic heterocycles. The summed E-state index contributed by atoms with van der Waals surface area (Å²) in [6.07, 6.45) is 1.53. The van der Waals surface area contributed by atoms with Crippen molar-refractivity contribution in [3.63, 3.8) is 0 Å². The van der Waals surface area contributed by atoms with E-state index < -0.39 is 0 Å². The zero-order valence-corrected chi connectivity index (χ0v) is 8.57. The number of rotatable bonds is 3. The van der Waals surface area contributed by atoms with E-state index in [0.29, 0.717) is 11.1 Å². The molecule has 0 aromatic heterocycles. The molecule has 14 heavy (non-hydrogen) atoms. The van der Waals surface area contributed by atoms with E-state index in [9.17, 15) is 9.59 Å². The molecule has 0 aliphatic carbocycles. The molecule has 0 saturated heterocycles. The average molecular weight is 191 g/mol. The molecule has 0 aliphatic rings. The van der Waals surface area contributed by atoms with E-state index in [1.54, 1.807) is 6.07 Å². The molecule has 3 nitrogen and oxygen atoms in total. The van der Waals surface area contributed by atoms with Gasteiger partial charge in [-0.25, -0.2) is 0 Å². The first-order valence-electron chi connectivity index (χ1n) is 4.32. The normalized spacial score (nSPS) is 9.64. The van der Waals surface area contributed by atoms with Gasteiger partial charge in [0.25, 0.3) is 0 Å². The molecule has 1 rings (SSSR count). The van der Waals surface area contributed by atoms with Crippen LogP contribution in [0.1, 0.15) is 26.3 Å². The van der Waals surface area contributed by atoms with E-state index >= 15 is 0 Å². The molecule has 0 atom stereocenters. The molecule has 1 aromatic rings. The van der Waals surface area contributed by atoms with E-state index in [0.717, 1.165) is 23.8 Å². The van der Waals surface area contributed by atoms with E-state index in [2.05, 4.69) is 0 Å². The SMILES string of the molecule is Cc1cc(N(C)C)c(C=O)cc1C=O. The molecular formula is C11H13NO2. The monoisotopic (exact) mass is 191 g/mol. The summed E-state index contributed by atoms with van der Waals surface area (Å²) in [7, 11) is 3.73. The van der Waals surface area contributed by atoms with Crippen LogP contribution in [-0.4, -0.2) is 26.7 Å². The Balaban J connectivity index is 3.38. The zero-order valence-electron chi connectivity index (χ0n) is 8.57. The van der Waals surface area contributed by atoms with Gasteiger partial charge in [-0.3, -0.25) is 9.59 Å². The number of anilines is 1. The first-order chi connectivity index (χ1) is 6.60. The Kier molecular flexibility index (Phi) is 3.02. The van der Waals surface area contributed by atoms with Crippen LogP contribution in [0.15, 0.2) is 12.1 Å². The number of benzene rings is 1. The Labute approximate surface area is 83.3 Å². The minimum absolute atomic E-state index is 0.544. The van der Waals surface area contributed by atoms with E-state index in [1.807, 2.05) is 32.0 Å². The Morgan fingerprint density at radius 2 is 1.64 bits per heavy atom. The molecule has 0 fully saturated rings. The zero-order chi connectivity index (χ0) is 10.7. The third-order valence-electron chi connectivity index (χ3n) is 2.15. The minimum atomic E-state index is 0.544. The summed E-state index contributed by atoms with van der Waals surface area (Å²) in [5, 5.41) is 0. The van der Waals surface area contributed by atoms with Crippen molar-refractivity contribution in [1.29, 1.82) is 0 Å². The standard InChI is InChI=1S/C11H13NO2/c1-8-4-11(12(2)3)10(7-14)5-9(8)6-13/h4-7H,1-3H3. The largest absolute Gasteiger partial charge is 0.377 e. The first-order valence-corrected chi connectivity index (χ1v) is 4.32. The van der Waals surface area contributed by atoms with Crippen LogP contribution in [0.4, 0.5) is 5.69 Å². The minimum Gasteiger partial charge on any atom is -0.377 e. The summed E-state index contributed by atoms with van der Waals surface area (Å²) in [5.41, 5.74) is 2.83. The summed E-state index contributed by atoms with van der Waals surface area (Å²) in [6.45, 7) is 1.85. The molecular weight excluding hydrogens is 178 g/mol. The predicted octanol–water partition coefficient (Wildman–Crippen LogP) is 1.69. The van der Waals surface area contributed by atoms with Crippen molar-refractivity contribution in [2.45, 2.75) is 6.92 Å². The van der Waals surface area contributed by atoms with Crippen molar-refractivity contribution in [3.05, 3.63) is 28.8 Å². The van der Waals surface area contributed by atoms with Gasteiger partial charge < -0.3 is 4.90 Å². The summed E-state index contributed by atoms with van der Waals surface area (Å²) in [5.74, 6) is 0. The second kappa shape index (κ2) is 4.05. The quantitative estimate of drug-likeness (QED) is 0.682. The van der Waals surface area contributed by atoms with Gasteiger partial charge in [0.2, 0.25) is 0 Å². The Morgan fingerprint density at radius 1 is 1.07 bits per heavy atom. The molecule has 0 radical (unpaired) electrons. The molecule has 74 valence electrons. The van der Waals surface area contributed by atoms with Gasteiger partial charge in [-0.15, -0.1) is 0 Å².